The largest absolute Gasteiger partial charge is 0.357 e. The van der Waals surface area contributed by atoms with Crippen LogP contribution in [0.5, 0.6) is 0 Å². The van der Waals surface area contributed by atoms with Crippen LogP contribution in [0.1, 0.15) is 35.5 Å². The number of aromatic nitrogens is 2. The minimum atomic E-state index is -1.74. The number of H-pyrrole nitrogens is 1. The van der Waals surface area contributed by atoms with E-state index in [1.54, 1.807) is 19.1 Å². The third-order valence-corrected chi connectivity index (χ3v) is 3.70. The van der Waals surface area contributed by atoms with E-state index >= 15 is 4.39 Å². The van der Waals surface area contributed by atoms with Crippen molar-refractivity contribution in [2.24, 2.45) is 0 Å². The molecule has 0 bridgehead atoms. The van der Waals surface area contributed by atoms with Crippen molar-refractivity contribution < 1.29 is 9.13 Å². The SMILES string of the molecule is C=CCOCn1c(C(F)c2cccc(C#N)c2)c(CC)c(=O)[nH]c1=O. The molecule has 130 valence electrons. The van der Waals surface area contributed by atoms with Crippen LogP contribution in [-0.2, 0) is 17.9 Å². The van der Waals surface area contributed by atoms with Crippen molar-refractivity contribution in [2.75, 3.05) is 6.61 Å². The van der Waals surface area contributed by atoms with Crippen molar-refractivity contribution in [3.63, 3.8) is 0 Å². The fourth-order valence-electron chi connectivity index (χ4n) is 2.54. The van der Waals surface area contributed by atoms with Gasteiger partial charge in [-0.25, -0.2) is 9.18 Å². The predicted molar refractivity (Wildman–Crippen MR) is 91.0 cm³/mol. The van der Waals surface area contributed by atoms with Gasteiger partial charge >= 0.3 is 5.69 Å². The number of rotatable bonds is 7. The molecule has 0 radical (unpaired) electrons. The van der Waals surface area contributed by atoms with E-state index in [0.29, 0.717) is 5.56 Å². The molecule has 7 heteroatoms. The standard InChI is InChI=1S/C18H18FN3O3/c1-3-8-25-11-22-16(14(4-2)17(23)21-18(22)24)15(19)13-7-5-6-12(9-13)10-20/h3,5-7,9,15H,1,4,8,11H2,2H3,(H,21,23,24). The highest BCUT2D eigenvalue weighted by Crippen LogP contribution is 2.27. The van der Waals surface area contributed by atoms with Gasteiger partial charge in [0.15, 0.2) is 6.17 Å². The van der Waals surface area contributed by atoms with Crippen LogP contribution in [0, 0.1) is 11.3 Å². The zero-order valence-electron chi connectivity index (χ0n) is 13.8. The Hall–Kier alpha value is -2.98. The minimum Gasteiger partial charge on any atom is -0.357 e. The normalized spacial score (nSPS) is 11.7. The maximum atomic E-state index is 15.3. The second kappa shape index (κ2) is 8.22. The van der Waals surface area contributed by atoms with Gasteiger partial charge in [-0.2, -0.15) is 5.26 Å². The number of alkyl halides is 1. The molecule has 25 heavy (non-hydrogen) atoms. The lowest BCUT2D eigenvalue weighted by Crippen LogP contribution is -2.36. The summed E-state index contributed by atoms with van der Waals surface area (Å²) in [4.78, 5) is 26.4. The van der Waals surface area contributed by atoms with Gasteiger partial charge in [-0.3, -0.25) is 14.3 Å². The van der Waals surface area contributed by atoms with Gasteiger partial charge in [-0.05, 0) is 24.1 Å². The molecule has 0 fully saturated rings. The molecule has 0 spiro atoms. The Balaban J connectivity index is 2.63. The lowest BCUT2D eigenvalue weighted by molar-refractivity contribution is 0.0911. The number of nitrogens with one attached hydrogen (secondary N) is 1. The van der Waals surface area contributed by atoms with Crippen molar-refractivity contribution in [3.8, 4) is 6.07 Å². The van der Waals surface area contributed by atoms with E-state index in [2.05, 4.69) is 11.6 Å². The van der Waals surface area contributed by atoms with Crippen LogP contribution in [0.3, 0.4) is 0 Å². The Morgan fingerprint density at radius 2 is 2.24 bits per heavy atom. The Morgan fingerprint density at radius 1 is 1.48 bits per heavy atom. The van der Waals surface area contributed by atoms with Gasteiger partial charge < -0.3 is 4.74 Å². The summed E-state index contributed by atoms with van der Waals surface area (Å²) in [5.74, 6) is 0. The molecular formula is C18H18FN3O3. The summed E-state index contributed by atoms with van der Waals surface area (Å²) in [5, 5.41) is 8.99. The highest BCUT2D eigenvalue weighted by molar-refractivity contribution is 5.37. The second-order valence-corrected chi connectivity index (χ2v) is 5.29. The summed E-state index contributed by atoms with van der Waals surface area (Å²) in [7, 11) is 0. The molecule has 0 aliphatic carbocycles. The van der Waals surface area contributed by atoms with Gasteiger partial charge in [-0.15, -0.1) is 6.58 Å². The van der Waals surface area contributed by atoms with Gasteiger partial charge in [0.2, 0.25) is 0 Å². The number of hydrogen-bond acceptors (Lipinski definition) is 4. The predicted octanol–water partition coefficient (Wildman–Crippen LogP) is 2.19. The Bertz CT molecular complexity index is 924. The summed E-state index contributed by atoms with van der Waals surface area (Å²) >= 11 is 0. The van der Waals surface area contributed by atoms with E-state index in [9.17, 15) is 9.59 Å². The van der Waals surface area contributed by atoms with Gasteiger partial charge in [0, 0.05) is 5.56 Å². The molecule has 0 saturated heterocycles. The molecule has 0 amide bonds. The Morgan fingerprint density at radius 3 is 2.88 bits per heavy atom. The number of nitrogens with zero attached hydrogens (tertiary/aromatic N) is 2. The molecule has 2 aromatic rings. The first-order valence-electron chi connectivity index (χ1n) is 7.72. The van der Waals surface area contributed by atoms with Crippen molar-refractivity contribution in [1.82, 2.24) is 9.55 Å². The summed E-state index contributed by atoms with van der Waals surface area (Å²) in [6.07, 6.45) is -0.00355. The number of hydrogen-bond donors (Lipinski definition) is 1. The zero-order valence-corrected chi connectivity index (χ0v) is 13.8. The van der Waals surface area contributed by atoms with E-state index in [1.165, 1.54) is 18.2 Å². The Kier molecular flexibility index (Phi) is 6.03. The zero-order chi connectivity index (χ0) is 18.4. The average molecular weight is 343 g/mol. The highest BCUT2D eigenvalue weighted by Gasteiger charge is 2.24. The van der Waals surface area contributed by atoms with Gasteiger partial charge in [0.25, 0.3) is 5.56 Å². The average Bonchev–Trinajstić information content (AvgIpc) is 2.62. The number of nitriles is 1. The van der Waals surface area contributed by atoms with Gasteiger partial charge in [0.05, 0.1) is 23.9 Å². The smallest absolute Gasteiger partial charge is 0.330 e. The maximum absolute atomic E-state index is 15.3. The van der Waals surface area contributed by atoms with E-state index in [0.717, 1.165) is 4.57 Å². The Labute approximate surface area is 143 Å². The number of aromatic amines is 1. The van der Waals surface area contributed by atoms with E-state index in [4.69, 9.17) is 10.00 Å². The van der Waals surface area contributed by atoms with E-state index in [-0.39, 0.29) is 36.6 Å². The molecular weight excluding hydrogens is 325 g/mol. The van der Waals surface area contributed by atoms with Gasteiger partial charge in [-0.1, -0.05) is 25.1 Å². The quantitative estimate of drug-likeness (QED) is 0.616. The van der Waals surface area contributed by atoms with E-state index < -0.39 is 17.4 Å². The van der Waals surface area contributed by atoms with E-state index in [1.807, 2.05) is 6.07 Å². The second-order valence-electron chi connectivity index (χ2n) is 5.29. The molecule has 1 unspecified atom stereocenters. The summed E-state index contributed by atoms with van der Waals surface area (Å²) in [6.45, 7) is 5.17. The van der Waals surface area contributed by atoms with Crippen molar-refractivity contribution in [3.05, 3.63) is 80.1 Å². The molecule has 1 aromatic carbocycles. The van der Waals surface area contributed by atoms with Gasteiger partial charge in [0.1, 0.15) is 6.73 Å². The first kappa shape index (κ1) is 18.4. The number of ether oxygens (including phenoxy) is 1. The van der Waals surface area contributed by atoms with Crippen LogP contribution >= 0.6 is 0 Å². The molecule has 1 heterocycles. The van der Waals surface area contributed by atoms with Crippen LogP contribution in [-0.4, -0.2) is 16.2 Å². The van der Waals surface area contributed by atoms with Crippen LogP contribution in [0.4, 0.5) is 4.39 Å². The summed E-state index contributed by atoms with van der Waals surface area (Å²) in [6, 6.07) is 7.94. The van der Waals surface area contributed by atoms with Crippen molar-refractivity contribution in [1.29, 1.82) is 5.26 Å². The minimum absolute atomic E-state index is 0.0598. The topological polar surface area (TPSA) is 87.9 Å². The van der Waals surface area contributed by atoms with Crippen molar-refractivity contribution in [2.45, 2.75) is 26.2 Å². The maximum Gasteiger partial charge on any atom is 0.330 e. The molecule has 1 atom stereocenters. The lowest BCUT2D eigenvalue weighted by Gasteiger charge is -2.19. The molecule has 1 aromatic heterocycles. The molecule has 2 rings (SSSR count). The number of halogens is 1. The first-order chi connectivity index (χ1) is 12.0. The summed E-state index contributed by atoms with van der Waals surface area (Å²) < 4.78 is 21.6. The number of benzene rings is 1. The fraction of sp³-hybridized carbons (Fsp3) is 0.278. The molecule has 0 saturated carbocycles. The van der Waals surface area contributed by atoms with Crippen LogP contribution in [0.15, 0.2) is 46.5 Å². The fourth-order valence-corrected chi connectivity index (χ4v) is 2.54. The lowest BCUT2D eigenvalue weighted by atomic mass is 10.0. The third kappa shape index (κ3) is 3.92. The van der Waals surface area contributed by atoms with Crippen LogP contribution < -0.4 is 11.2 Å². The highest BCUT2D eigenvalue weighted by atomic mass is 19.1. The molecule has 1 N–H and O–H groups in total. The molecule has 0 aliphatic heterocycles. The first-order valence-corrected chi connectivity index (χ1v) is 7.72. The van der Waals surface area contributed by atoms with Crippen molar-refractivity contribution >= 4 is 0 Å². The molecule has 0 aliphatic rings. The van der Waals surface area contributed by atoms with Crippen LogP contribution in [0.2, 0.25) is 0 Å². The monoisotopic (exact) mass is 343 g/mol. The molecule has 6 nitrogen and oxygen atoms in total. The third-order valence-electron chi connectivity index (χ3n) is 3.70. The van der Waals surface area contributed by atoms with Crippen LogP contribution in [0.25, 0.3) is 0 Å². The summed E-state index contributed by atoms with van der Waals surface area (Å²) in [5.41, 5.74) is -0.787.